The lowest BCUT2D eigenvalue weighted by Gasteiger charge is -2.41. The summed E-state index contributed by atoms with van der Waals surface area (Å²) in [6, 6.07) is 0. The zero-order valence-electron chi connectivity index (χ0n) is 13.0. The smallest absolute Gasteiger partial charge is 0.237 e. The fraction of sp³-hybridized carbons (Fsp3) is 0.933. The number of nitrogens with one attached hydrogen (secondary N) is 1. The molecule has 0 radical (unpaired) electrons. The fourth-order valence-electron chi connectivity index (χ4n) is 3.06. The van der Waals surface area contributed by atoms with Gasteiger partial charge >= 0.3 is 0 Å². The second-order valence-corrected chi connectivity index (χ2v) is 8.17. The molecule has 1 saturated carbocycles. The largest absolute Gasteiger partial charge is 0.388 e. The highest BCUT2D eigenvalue weighted by Gasteiger charge is 2.46. The first kappa shape index (κ1) is 18.5. The molecule has 2 fully saturated rings. The van der Waals surface area contributed by atoms with Crippen LogP contribution in [0.3, 0.4) is 0 Å². The van der Waals surface area contributed by atoms with Crippen molar-refractivity contribution in [1.82, 2.24) is 5.32 Å². The van der Waals surface area contributed by atoms with Crippen LogP contribution in [0.1, 0.15) is 45.4 Å². The molecule has 1 atom stereocenters. The molecule has 22 heavy (non-hydrogen) atoms. The molecule has 1 aliphatic heterocycles. The van der Waals surface area contributed by atoms with Gasteiger partial charge in [-0.15, -0.1) is 11.6 Å². The first-order chi connectivity index (χ1) is 10.4. The maximum atomic E-state index is 12.3. The van der Waals surface area contributed by atoms with Gasteiger partial charge in [-0.1, -0.05) is 22.9 Å². The number of alkyl halides is 2. The van der Waals surface area contributed by atoms with Gasteiger partial charge in [0.05, 0.1) is 18.8 Å². The molecule has 7 heteroatoms. The number of hydrogen-bond acceptors (Lipinski definition) is 4. The standard InChI is InChI=1S/C15H25BrClNO4/c1-2-14(16,7-8-17)12(19)18-11-13(20)3-5-15(6-4-13)21-9-10-22-15/h20H,2-11H2,1H3,(H,18,19). The molecule has 0 aromatic heterocycles. The average Bonchev–Trinajstić information content (AvgIpc) is 2.97. The second kappa shape index (κ2) is 7.34. The van der Waals surface area contributed by atoms with Crippen molar-refractivity contribution in [2.75, 3.05) is 25.6 Å². The molecule has 1 unspecified atom stereocenters. The molecule has 5 nitrogen and oxygen atoms in total. The zero-order valence-corrected chi connectivity index (χ0v) is 15.3. The van der Waals surface area contributed by atoms with Crippen molar-refractivity contribution < 1.29 is 19.4 Å². The Labute approximate surface area is 145 Å². The minimum atomic E-state index is -0.890. The van der Waals surface area contributed by atoms with Crippen LogP contribution in [0.25, 0.3) is 0 Å². The lowest BCUT2D eigenvalue weighted by atomic mass is 9.81. The van der Waals surface area contributed by atoms with Crippen molar-refractivity contribution in [2.24, 2.45) is 0 Å². The van der Waals surface area contributed by atoms with Crippen molar-refractivity contribution in [2.45, 2.75) is 61.2 Å². The van der Waals surface area contributed by atoms with E-state index in [1.807, 2.05) is 6.92 Å². The van der Waals surface area contributed by atoms with Gasteiger partial charge in [0.2, 0.25) is 5.91 Å². The Balaban J connectivity index is 1.84. The molecule has 1 aliphatic carbocycles. The Hall–Kier alpha value is 0.120. The van der Waals surface area contributed by atoms with Crippen molar-refractivity contribution in [3.8, 4) is 0 Å². The highest BCUT2D eigenvalue weighted by atomic mass is 79.9. The summed E-state index contributed by atoms with van der Waals surface area (Å²) in [6.45, 7) is 3.43. The van der Waals surface area contributed by atoms with Gasteiger partial charge in [0.25, 0.3) is 0 Å². The van der Waals surface area contributed by atoms with E-state index in [4.69, 9.17) is 21.1 Å². The molecule has 1 heterocycles. The Kier molecular flexibility index (Phi) is 6.16. The van der Waals surface area contributed by atoms with Gasteiger partial charge in [0.15, 0.2) is 5.79 Å². The normalized spacial score (nSPS) is 25.8. The molecule has 2 rings (SSSR count). The van der Waals surface area contributed by atoms with Gasteiger partial charge in [0, 0.05) is 25.3 Å². The van der Waals surface area contributed by atoms with E-state index in [9.17, 15) is 9.90 Å². The van der Waals surface area contributed by atoms with Crippen LogP contribution in [-0.2, 0) is 14.3 Å². The van der Waals surface area contributed by atoms with Gasteiger partial charge in [-0.05, 0) is 25.7 Å². The van der Waals surface area contributed by atoms with Crippen LogP contribution in [0.4, 0.5) is 0 Å². The van der Waals surface area contributed by atoms with Crippen LogP contribution >= 0.6 is 27.5 Å². The summed E-state index contributed by atoms with van der Waals surface area (Å²) in [4.78, 5) is 12.3. The number of hydrogen-bond donors (Lipinski definition) is 2. The van der Waals surface area contributed by atoms with Crippen molar-refractivity contribution in [3.05, 3.63) is 0 Å². The number of halogens is 2. The van der Waals surface area contributed by atoms with E-state index >= 15 is 0 Å². The third kappa shape index (κ3) is 4.15. The highest BCUT2D eigenvalue weighted by molar-refractivity contribution is 9.10. The van der Waals surface area contributed by atoms with Crippen LogP contribution in [0, 0.1) is 0 Å². The van der Waals surface area contributed by atoms with Gasteiger partial charge < -0.3 is 19.9 Å². The third-order valence-corrected chi connectivity index (χ3v) is 6.30. The van der Waals surface area contributed by atoms with Crippen LogP contribution in [-0.4, -0.2) is 52.4 Å². The lowest BCUT2D eigenvalue weighted by molar-refractivity contribution is -0.201. The van der Waals surface area contributed by atoms with Crippen LogP contribution in [0.15, 0.2) is 0 Å². The first-order valence-corrected chi connectivity index (χ1v) is 9.23. The van der Waals surface area contributed by atoms with Crippen molar-refractivity contribution in [3.63, 3.8) is 0 Å². The van der Waals surface area contributed by atoms with E-state index in [-0.39, 0.29) is 12.5 Å². The molecule has 1 saturated heterocycles. The summed E-state index contributed by atoms with van der Waals surface area (Å²) in [5, 5.41) is 13.5. The molecular weight excluding hydrogens is 374 g/mol. The van der Waals surface area contributed by atoms with Crippen LogP contribution < -0.4 is 5.32 Å². The minimum Gasteiger partial charge on any atom is -0.388 e. The summed E-state index contributed by atoms with van der Waals surface area (Å²) >= 11 is 9.25. The van der Waals surface area contributed by atoms with Gasteiger partial charge in [-0.3, -0.25) is 4.79 Å². The van der Waals surface area contributed by atoms with Crippen molar-refractivity contribution in [1.29, 1.82) is 0 Å². The van der Waals surface area contributed by atoms with E-state index < -0.39 is 15.7 Å². The lowest BCUT2D eigenvalue weighted by Crippen LogP contribution is -2.52. The molecule has 1 amide bonds. The zero-order chi connectivity index (χ0) is 16.3. The molecule has 2 aliphatic rings. The molecule has 0 bridgehead atoms. The summed E-state index contributed by atoms with van der Waals surface area (Å²) in [7, 11) is 0. The average molecular weight is 399 g/mol. The Bertz CT molecular complexity index is 393. The van der Waals surface area contributed by atoms with Crippen molar-refractivity contribution >= 4 is 33.4 Å². The van der Waals surface area contributed by atoms with E-state index in [2.05, 4.69) is 21.2 Å². The van der Waals surface area contributed by atoms with Crippen LogP contribution in [0.2, 0.25) is 0 Å². The maximum Gasteiger partial charge on any atom is 0.237 e. The van der Waals surface area contributed by atoms with E-state index in [1.54, 1.807) is 0 Å². The molecular formula is C15H25BrClNO4. The van der Waals surface area contributed by atoms with E-state index in [0.717, 1.165) is 0 Å². The monoisotopic (exact) mass is 397 g/mol. The van der Waals surface area contributed by atoms with E-state index in [0.29, 0.717) is 57.6 Å². The molecule has 2 N–H and O–H groups in total. The fourth-order valence-corrected chi connectivity index (χ4v) is 3.95. The number of ether oxygens (including phenoxy) is 2. The molecule has 128 valence electrons. The first-order valence-electron chi connectivity index (χ1n) is 7.91. The summed E-state index contributed by atoms with van der Waals surface area (Å²) in [6.07, 6.45) is 3.64. The summed E-state index contributed by atoms with van der Waals surface area (Å²) in [5.74, 6) is -0.205. The molecule has 1 spiro atoms. The predicted molar refractivity (Wildman–Crippen MR) is 88.3 cm³/mol. The maximum absolute atomic E-state index is 12.3. The number of aliphatic hydroxyl groups is 1. The number of rotatable bonds is 6. The quantitative estimate of drug-likeness (QED) is 0.674. The van der Waals surface area contributed by atoms with Crippen LogP contribution in [0.5, 0.6) is 0 Å². The second-order valence-electron chi connectivity index (χ2n) is 6.27. The Morgan fingerprint density at radius 1 is 1.32 bits per heavy atom. The van der Waals surface area contributed by atoms with E-state index in [1.165, 1.54) is 0 Å². The summed E-state index contributed by atoms with van der Waals surface area (Å²) < 4.78 is 10.7. The molecule has 0 aromatic carbocycles. The number of amides is 1. The number of carbonyl (C=O) groups excluding carboxylic acids is 1. The topological polar surface area (TPSA) is 67.8 Å². The minimum absolute atomic E-state index is 0.113. The SMILES string of the molecule is CCC(Br)(CCCl)C(=O)NCC1(O)CCC2(CC1)OCCO2. The molecule has 0 aromatic rings. The number of carbonyl (C=O) groups is 1. The Morgan fingerprint density at radius 2 is 1.91 bits per heavy atom. The summed E-state index contributed by atoms with van der Waals surface area (Å²) in [5.41, 5.74) is -0.890. The Morgan fingerprint density at radius 3 is 2.41 bits per heavy atom. The van der Waals surface area contributed by atoms with Gasteiger partial charge in [0.1, 0.15) is 4.32 Å². The van der Waals surface area contributed by atoms with Gasteiger partial charge in [-0.25, -0.2) is 0 Å². The van der Waals surface area contributed by atoms with Gasteiger partial charge in [-0.2, -0.15) is 0 Å². The third-order valence-electron chi connectivity index (χ3n) is 4.79. The highest BCUT2D eigenvalue weighted by Crippen LogP contribution is 2.40. The predicted octanol–water partition coefficient (Wildman–Crippen LogP) is 2.32.